The van der Waals surface area contributed by atoms with Crippen LogP contribution in [0.4, 0.5) is 8.78 Å². The number of aromatic nitrogens is 2. The SMILES string of the molecule is Cc1c(C)c(F)c2c([se]c3cc(-c4ccc5nc(C(C)(C)C)ccc5n4)ccc32)c1F. The molecule has 2 nitrogen and oxygen atoms in total. The maximum absolute atomic E-state index is 15.0. The summed E-state index contributed by atoms with van der Waals surface area (Å²) in [6, 6.07) is 13.9. The molecule has 0 N–H and O–H groups in total. The normalized spacial score (nSPS) is 12.4. The fourth-order valence-electron chi connectivity index (χ4n) is 3.90. The number of benzene rings is 2. The van der Waals surface area contributed by atoms with Gasteiger partial charge >= 0.3 is 186 Å². The van der Waals surface area contributed by atoms with E-state index >= 15 is 0 Å². The Balaban J connectivity index is 1.66. The third-order valence-electron chi connectivity index (χ3n) is 5.94. The maximum atomic E-state index is 15.0. The molecule has 0 bridgehead atoms. The van der Waals surface area contributed by atoms with Crippen LogP contribution < -0.4 is 0 Å². The topological polar surface area (TPSA) is 25.8 Å². The van der Waals surface area contributed by atoms with Crippen molar-refractivity contribution in [1.82, 2.24) is 9.97 Å². The van der Waals surface area contributed by atoms with E-state index in [-0.39, 0.29) is 31.6 Å². The third kappa shape index (κ3) is 3.19. The predicted molar refractivity (Wildman–Crippen MR) is 125 cm³/mol. The van der Waals surface area contributed by atoms with Crippen molar-refractivity contribution in [2.75, 3.05) is 0 Å². The van der Waals surface area contributed by atoms with Gasteiger partial charge in [0.15, 0.2) is 0 Å². The van der Waals surface area contributed by atoms with Crippen molar-refractivity contribution in [3.05, 3.63) is 70.9 Å². The second-order valence-corrected chi connectivity index (χ2v) is 11.3. The summed E-state index contributed by atoms with van der Waals surface area (Å²) in [5.74, 6) is -0.567. The molecule has 0 spiro atoms. The van der Waals surface area contributed by atoms with Crippen molar-refractivity contribution >= 4 is 44.8 Å². The van der Waals surface area contributed by atoms with Crippen molar-refractivity contribution in [2.24, 2.45) is 0 Å². The molecule has 0 unspecified atom stereocenters. The van der Waals surface area contributed by atoms with E-state index in [4.69, 9.17) is 9.97 Å². The Bertz CT molecular complexity index is 1510. The first-order valence-corrected chi connectivity index (χ1v) is 12.0. The average Bonchev–Trinajstić information content (AvgIpc) is 3.13. The molecule has 0 fully saturated rings. The zero-order valence-electron chi connectivity index (χ0n) is 18.1. The molecule has 156 valence electrons. The zero-order valence-corrected chi connectivity index (χ0v) is 19.8. The molecule has 2 aromatic carbocycles. The predicted octanol–water partition coefficient (Wildman–Crippen LogP) is 6.85. The van der Waals surface area contributed by atoms with Crippen LogP contribution in [0.25, 0.3) is 41.6 Å². The van der Waals surface area contributed by atoms with Gasteiger partial charge in [0, 0.05) is 0 Å². The Kier molecular flexibility index (Phi) is 4.55. The van der Waals surface area contributed by atoms with Crippen LogP contribution in [0.3, 0.4) is 0 Å². The molecule has 0 saturated heterocycles. The van der Waals surface area contributed by atoms with Gasteiger partial charge in [-0.15, -0.1) is 0 Å². The van der Waals surface area contributed by atoms with E-state index in [1.54, 1.807) is 13.8 Å². The number of pyridine rings is 2. The van der Waals surface area contributed by atoms with E-state index in [0.29, 0.717) is 20.8 Å². The Hall–Kier alpha value is -2.62. The summed E-state index contributed by atoms with van der Waals surface area (Å²) in [7, 11) is 0. The summed E-state index contributed by atoms with van der Waals surface area (Å²) in [5, 5.41) is 1.24. The van der Waals surface area contributed by atoms with Gasteiger partial charge in [-0.05, 0) is 0 Å². The van der Waals surface area contributed by atoms with Gasteiger partial charge in [-0.25, -0.2) is 0 Å². The quantitative estimate of drug-likeness (QED) is 0.246. The van der Waals surface area contributed by atoms with Crippen LogP contribution in [0.5, 0.6) is 0 Å². The number of halogens is 2. The number of rotatable bonds is 1. The number of hydrogen-bond acceptors (Lipinski definition) is 2. The molecule has 5 rings (SSSR count). The summed E-state index contributed by atoms with van der Waals surface area (Å²) in [6.45, 7) is 9.72. The van der Waals surface area contributed by atoms with Gasteiger partial charge in [0.25, 0.3) is 0 Å². The van der Waals surface area contributed by atoms with Crippen LogP contribution in [0.15, 0.2) is 42.5 Å². The van der Waals surface area contributed by atoms with Gasteiger partial charge in [0.1, 0.15) is 0 Å². The van der Waals surface area contributed by atoms with E-state index in [9.17, 15) is 8.78 Å². The van der Waals surface area contributed by atoms with Crippen molar-refractivity contribution in [3.63, 3.8) is 0 Å². The molecule has 0 aliphatic heterocycles. The van der Waals surface area contributed by atoms with Gasteiger partial charge in [-0.3, -0.25) is 0 Å². The minimum absolute atomic E-state index is 0.0226. The van der Waals surface area contributed by atoms with Gasteiger partial charge in [0.2, 0.25) is 0 Å². The van der Waals surface area contributed by atoms with Crippen LogP contribution in [0.2, 0.25) is 0 Å². The summed E-state index contributed by atoms with van der Waals surface area (Å²) >= 11 is -0.274. The first-order chi connectivity index (χ1) is 14.6. The number of fused-ring (bicyclic) bond motifs is 4. The van der Waals surface area contributed by atoms with Crippen LogP contribution in [-0.4, -0.2) is 24.5 Å². The molecule has 5 aromatic rings. The van der Waals surface area contributed by atoms with E-state index in [1.165, 1.54) is 0 Å². The molecule has 31 heavy (non-hydrogen) atoms. The molecule has 0 saturated carbocycles. The molecular weight excluding hydrogens is 457 g/mol. The minimum atomic E-state index is -0.299. The second kappa shape index (κ2) is 6.94. The molecule has 3 aromatic heterocycles. The van der Waals surface area contributed by atoms with E-state index in [2.05, 4.69) is 20.8 Å². The first-order valence-electron chi connectivity index (χ1n) is 10.2. The third-order valence-corrected chi connectivity index (χ3v) is 8.34. The van der Waals surface area contributed by atoms with E-state index in [1.807, 2.05) is 42.5 Å². The molecule has 0 aliphatic rings. The van der Waals surface area contributed by atoms with Gasteiger partial charge < -0.3 is 0 Å². The summed E-state index contributed by atoms with van der Waals surface area (Å²) in [6.07, 6.45) is 0. The van der Waals surface area contributed by atoms with Gasteiger partial charge in [-0.2, -0.15) is 0 Å². The van der Waals surface area contributed by atoms with E-state index in [0.717, 1.165) is 37.6 Å². The molecule has 0 radical (unpaired) electrons. The Morgan fingerprint density at radius 1 is 0.806 bits per heavy atom. The molecule has 5 heteroatoms. The fourth-order valence-corrected chi connectivity index (χ4v) is 6.48. The van der Waals surface area contributed by atoms with Crippen LogP contribution in [0, 0.1) is 25.5 Å². The fraction of sp³-hybridized carbons (Fsp3) is 0.231. The van der Waals surface area contributed by atoms with Crippen molar-refractivity contribution in [2.45, 2.75) is 40.0 Å². The van der Waals surface area contributed by atoms with Crippen molar-refractivity contribution in [1.29, 1.82) is 0 Å². The second-order valence-electron chi connectivity index (χ2n) is 9.08. The standard InChI is InChI=1S/C26H22F2N2Se/c1-13-14(2)24(28)25-22(23(13)27)16-7-6-15(12-20(16)31-25)17-8-9-19-18(29-17)10-11-21(30-19)26(3,4)5/h6-12H,1-5H3. The van der Waals surface area contributed by atoms with Gasteiger partial charge in [-0.1, -0.05) is 0 Å². The molecule has 3 heterocycles. The number of hydrogen-bond donors (Lipinski definition) is 0. The monoisotopic (exact) mass is 480 g/mol. The van der Waals surface area contributed by atoms with Crippen LogP contribution in [0.1, 0.15) is 37.6 Å². The molecule has 0 aliphatic carbocycles. The number of nitrogens with zero attached hydrogens (tertiary/aromatic N) is 2. The summed E-state index contributed by atoms with van der Waals surface area (Å²) < 4.78 is 31.3. The summed E-state index contributed by atoms with van der Waals surface area (Å²) in [5.41, 5.74) is 5.29. The molecule has 0 atom stereocenters. The zero-order chi connectivity index (χ0) is 22.1. The van der Waals surface area contributed by atoms with E-state index < -0.39 is 0 Å². The Morgan fingerprint density at radius 3 is 2.23 bits per heavy atom. The Morgan fingerprint density at radius 2 is 1.48 bits per heavy atom. The van der Waals surface area contributed by atoms with Crippen molar-refractivity contribution in [3.8, 4) is 11.3 Å². The molecular formula is C26H22F2N2Se. The van der Waals surface area contributed by atoms with Crippen LogP contribution in [-0.2, 0) is 5.41 Å². The Labute approximate surface area is 185 Å². The summed E-state index contributed by atoms with van der Waals surface area (Å²) in [4.78, 5) is 9.56. The average molecular weight is 479 g/mol. The van der Waals surface area contributed by atoms with Crippen molar-refractivity contribution < 1.29 is 8.78 Å². The molecule has 0 amide bonds. The first kappa shape index (κ1) is 20.3. The van der Waals surface area contributed by atoms with Crippen LogP contribution >= 0.6 is 0 Å². The van der Waals surface area contributed by atoms with Gasteiger partial charge in [0.05, 0.1) is 0 Å².